The Morgan fingerprint density at radius 1 is 0.941 bits per heavy atom. The van der Waals surface area contributed by atoms with Crippen LogP contribution in [0.2, 0.25) is 0 Å². The smallest absolute Gasteiger partial charge is 0.200 e. The van der Waals surface area contributed by atoms with Gasteiger partial charge in [-0.1, -0.05) is 6.08 Å². The van der Waals surface area contributed by atoms with E-state index >= 15 is 0 Å². The number of rotatable bonds is 4. The van der Waals surface area contributed by atoms with Crippen molar-refractivity contribution in [3.05, 3.63) is 47.3 Å². The summed E-state index contributed by atoms with van der Waals surface area (Å²) in [6.07, 6.45) is 1.79. The molecular weight excluding hydrogens is 241 g/mol. The van der Waals surface area contributed by atoms with E-state index in [1.807, 2.05) is 0 Å². The van der Waals surface area contributed by atoms with Crippen LogP contribution in [0, 0.1) is 29.1 Å². The number of hydrogen-bond acceptors (Lipinski definition) is 1. The van der Waals surface area contributed by atoms with E-state index in [1.54, 1.807) is 0 Å². The summed E-state index contributed by atoms with van der Waals surface area (Å²) in [5.74, 6) is -9.89. The van der Waals surface area contributed by atoms with E-state index < -0.39 is 40.7 Å². The molecule has 0 saturated heterocycles. The second-order valence-electron chi connectivity index (χ2n) is 3.46. The third-order valence-electron chi connectivity index (χ3n) is 2.30. The normalized spacial score (nSPS) is 12.6. The van der Waals surface area contributed by atoms with Gasteiger partial charge in [-0.05, 0) is 12.8 Å². The summed E-state index contributed by atoms with van der Waals surface area (Å²) in [5, 5.41) is 0. The van der Waals surface area contributed by atoms with Crippen LogP contribution >= 0.6 is 0 Å². The largest absolute Gasteiger partial charge is 0.324 e. The molecule has 1 aromatic rings. The van der Waals surface area contributed by atoms with E-state index in [9.17, 15) is 22.0 Å². The number of hydrogen-bond donors (Lipinski definition) is 1. The molecule has 0 aliphatic rings. The highest BCUT2D eigenvalue weighted by Crippen LogP contribution is 2.28. The zero-order valence-electron chi connectivity index (χ0n) is 8.74. The fourth-order valence-corrected chi connectivity index (χ4v) is 1.39. The third-order valence-corrected chi connectivity index (χ3v) is 2.30. The monoisotopic (exact) mass is 251 g/mol. The Balaban J connectivity index is 3.28. The lowest BCUT2D eigenvalue weighted by atomic mass is 10.0. The van der Waals surface area contributed by atoms with Crippen LogP contribution in [-0.4, -0.2) is 0 Å². The first kappa shape index (κ1) is 13.6. The first-order chi connectivity index (χ1) is 7.91. The molecule has 17 heavy (non-hydrogen) atoms. The highest BCUT2D eigenvalue weighted by molar-refractivity contribution is 5.26. The van der Waals surface area contributed by atoms with Crippen LogP contribution in [0.5, 0.6) is 0 Å². The molecule has 0 bridgehead atoms. The molecule has 94 valence electrons. The minimum absolute atomic E-state index is 0.0435. The van der Waals surface area contributed by atoms with Crippen LogP contribution in [0.25, 0.3) is 0 Å². The Hall–Kier alpha value is -1.43. The van der Waals surface area contributed by atoms with E-state index in [0.29, 0.717) is 6.42 Å². The fourth-order valence-electron chi connectivity index (χ4n) is 1.39. The molecule has 6 heteroatoms. The second-order valence-corrected chi connectivity index (χ2v) is 3.46. The summed E-state index contributed by atoms with van der Waals surface area (Å²) in [7, 11) is 0. The molecule has 0 fully saturated rings. The second kappa shape index (κ2) is 5.27. The van der Waals surface area contributed by atoms with Gasteiger partial charge in [-0.3, -0.25) is 0 Å². The number of halogens is 5. The molecule has 0 aliphatic heterocycles. The summed E-state index contributed by atoms with van der Waals surface area (Å²) in [6, 6.07) is -1.27. The quantitative estimate of drug-likeness (QED) is 0.377. The van der Waals surface area contributed by atoms with Gasteiger partial charge >= 0.3 is 0 Å². The lowest BCUT2D eigenvalue weighted by molar-refractivity contribution is 0.362. The Morgan fingerprint density at radius 3 is 1.76 bits per heavy atom. The van der Waals surface area contributed by atoms with Crippen molar-refractivity contribution in [2.75, 3.05) is 0 Å². The first-order valence-electron chi connectivity index (χ1n) is 4.79. The highest BCUT2D eigenvalue weighted by Gasteiger charge is 2.28. The van der Waals surface area contributed by atoms with Gasteiger partial charge in [0, 0.05) is 11.6 Å². The van der Waals surface area contributed by atoms with Crippen LogP contribution in [0.4, 0.5) is 22.0 Å². The van der Waals surface area contributed by atoms with Crippen molar-refractivity contribution in [3.63, 3.8) is 0 Å². The Kier molecular flexibility index (Phi) is 4.22. The predicted molar refractivity (Wildman–Crippen MR) is 52.6 cm³/mol. The van der Waals surface area contributed by atoms with E-state index in [2.05, 4.69) is 6.58 Å². The van der Waals surface area contributed by atoms with Crippen molar-refractivity contribution >= 4 is 0 Å². The molecule has 0 aromatic heterocycles. The molecule has 1 aromatic carbocycles. The topological polar surface area (TPSA) is 26.0 Å². The van der Waals surface area contributed by atoms with Gasteiger partial charge < -0.3 is 5.73 Å². The van der Waals surface area contributed by atoms with Gasteiger partial charge in [0.1, 0.15) is 0 Å². The minimum atomic E-state index is -2.18. The fraction of sp³-hybridized carbons (Fsp3) is 0.273. The minimum Gasteiger partial charge on any atom is -0.324 e. The first-order valence-corrected chi connectivity index (χ1v) is 4.79. The van der Waals surface area contributed by atoms with Gasteiger partial charge in [0.2, 0.25) is 5.82 Å². The lowest BCUT2D eigenvalue weighted by Crippen LogP contribution is -2.17. The van der Waals surface area contributed by atoms with Crippen LogP contribution in [0.3, 0.4) is 0 Å². The molecule has 1 rings (SSSR count). The molecule has 0 aliphatic carbocycles. The van der Waals surface area contributed by atoms with Gasteiger partial charge in [0.25, 0.3) is 0 Å². The SMILES string of the molecule is C=CCCC(N)c1c(F)c(F)c(F)c(F)c1F. The Labute approximate surface area is 94.7 Å². The lowest BCUT2D eigenvalue weighted by Gasteiger charge is -2.14. The van der Waals surface area contributed by atoms with Gasteiger partial charge in [-0.2, -0.15) is 0 Å². The summed E-state index contributed by atoms with van der Waals surface area (Å²) < 4.78 is 64.9. The van der Waals surface area contributed by atoms with Gasteiger partial charge in [-0.25, -0.2) is 22.0 Å². The van der Waals surface area contributed by atoms with Crippen molar-refractivity contribution in [1.82, 2.24) is 0 Å². The van der Waals surface area contributed by atoms with Gasteiger partial charge in [-0.15, -0.1) is 6.58 Å². The van der Waals surface area contributed by atoms with Crippen LogP contribution < -0.4 is 5.73 Å². The van der Waals surface area contributed by atoms with Crippen molar-refractivity contribution in [1.29, 1.82) is 0 Å². The van der Waals surface area contributed by atoms with Crippen molar-refractivity contribution in [2.24, 2.45) is 5.73 Å². The summed E-state index contributed by atoms with van der Waals surface area (Å²) >= 11 is 0. The zero-order chi connectivity index (χ0) is 13.2. The maximum absolute atomic E-state index is 13.3. The predicted octanol–water partition coefficient (Wildman–Crippen LogP) is 3.35. The molecule has 1 nitrogen and oxygen atoms in total. The molecule has 1 unspecified atom stereocenters. The zero-order valence-corrected chi connectivity index (χ0v) is 8.74. The van der Waals surface area contributed by atoms with Crippen LogP contribution in [-0.2, 0) is 0 Å². The maximum atomic E-state index is 13.3. The van der Waals surface area contributed by atoms with Crippen molar-refractivity contribution in [3.8, 4) is 0 Å². The third kappa shape index (κ3) is 2.46. The van der Waals surface area contributed by atoms with Crippen LogP contribution in [0.15, 0.2) is 12.7 Å². The van der Waals surface area contributed by atoms with Gasteiger partial charge in [0.15, 0.2) is 23.3 Å². The summed E-state index contributed by atoms with van der Waals surface area (Å²) in [4.78, 5) is 0. The number of nitrogens with two attached hydrogens (primary N) is 1. The van der Waals surface area contributed by atoms with E-state index in [-0.39, 0.29) is 6.42 Å². The average molecular weight is 251 g/mol. The van der Waals surface area contributed by atoms with Crippen molar-refractivity contribution < 1.29 is 22.0 Å². The average Bonchev–Trinajstić information content (AvgIpc) is 2.31. The molecule has 0 spiro atoms. The molecule has 0 radical (unpaired) electrons. The van der Waals surface area contributed by atoms with Crippen molar-refractivity contribution in [2.45, 2.75) is 18.9 Å². The number of allylic oxidation sites excluding steroid dienone is 1. The molecule has 0 heterocycles. The highest BCUT2D eigenvalue weighted by atomic mass is 19.2. The number of benzene rings is 1. The standard InChI is InChI=1S/C11H10F5N/c1-2-3-4-5(17)6-7(12)9(14)11(16)10(15)8(6)13/h2,5H,1,3-4,17H2. The molecular formula is C11H10F5N. The molecule has 0 saturated carbocycles. The maximum Gasteiger partial charge on any atom is 0.200 e. The summed E-state index contributed by atoms with van der Waals surface area (Å²) in [5.41, 5.74) is 4.40. The van der Waals surface area contributed by atoms with Gasteiger partial charge in [0.05, 0.1) is 0 Å². The van der Waals surface area contributed by atoms with E-state index in [1.165, 1.54) is 6.08 Å². The Morgan fingerprint density at radius 2 is 1.35 bits per heavy atom. The van der Waals surface area contributed by atoms with E-state index in [0.717, 1.165) is 0 Å². The molecule has 1 atom stereocenters. The molecule has 2 N–H and O–H groups in total. The van der Waals surface area contributed by atoms with Crippen LogP contribution in [0.1, 0.15) is 24.4 Å². The van der Waals surface area contributed by atoms with E-state index in [4.69, 9.17) is 5.73 Å². The Bertz CT molecular complexity index is 415. The summed E-state index contributed by atoms with van der Waals surface area (Å²) in [6.45, 7) is 3.37. The molecule has 0 amide bonds.